The van der Waals surface area contributed by atoms with Gasteiger partial charge in [-0.25, -0.2) is 25.0 Å². The molecule has 0 saturated carbocycles. The third-order valence-corrected chi connectivity index (χ3v) is 20.4. The van der Waals surface area contributed by atoms with Crippen molar-refractivity contribution in [2.75, 3.05) is 88.6 Å². The molecule has 0 aliphatic carbocycles. The van der Waals surface area contributed by atoms with E-state index in [1.54, 1.807) is 30.5 Å². The normalized spacial score (nSPS) is 20.3. The number of H-pyrrole nitrogens is 1. The number of nitrogens with one attached hydrogen (secondary N) is 14. The summed E-state index contributed by atoms with van der Waals surface area (Å²) in [6.07, 6.45) is -0.872. The molecule has 2 aromatic carbocycles. The number of carbonyl (C=O) groups excluding carboxylic acids is 20. The number of Topliss-reactive ketones (excluding diaryl/α,β-unsaturated/α-hetero) is 1. The Bertz CT molecular complexity index is 4360. The number of ketones is 1. The molecule has 47 nitrogen and oxygen atoms in total. The minimum Gasteiger partial charge on any atom is -0.458 e. The van der Waals surface area contributed by atoms with E-state index in [2.05, 4.69) is 81.0 Å². The molecule has 3 aromatic rings. The number of esters is 1. The summed E-state index contributed by atoms with van der Waals surface area (Å²) in [6.45, 7) is 1.62. The lowest BCUT2D eigenvalue weighted by atomic mass is 9.95. The highest BCUT2D eigenvalue weighted by atomic mass is 16.7. The molecule has 1 aromatic heterocycles. The van der Waals surface area contributed by atoms with E-state index in [0.717, 1.165) is 101 Å². The summed E-state index contributed by atoms with van der Waals surface area (Å²) in [5, 5.41) is 44.1. The van der Waals surface area contributed by atoms with Crippen LogP contribution in [-0.4, -0.2) is 304 Å². The Kier molecular flexibility index (Phi) is 45.4. The molecule has 1 fully saturated rings. The fourth-order valence-electron chi connectivity index (χ4n) is 12.7. The van der Waals surface area contributed by atoms with Crippen LogP contribution in [0.15, 0.2) is 54.7 Å². The SMILES string of the molecule is CCCCCCCCCC(=O)N[C@@H](Cc1c[nH]c2ccccc12)C(=O)N[C@H](CC(N)=O)C(=O)N[C@@H](CC(=O)N(C)OC)C(=O)N[C@@H]1C(=O)NCC(=O)N[C@@H](CCCN)C(=O)N[C@@H](CC(=O)N(C)OC)C(=O)N[C@H](C)C(=O)N[C@@H](CC(=O)N(C)OC)C(=O)NCC(=O)N[C@H](CO)C(=O)N[C@@H]([C@H](C)CC(=O)N(C)OC)C(=O)N[C@@H](CC(=O)c2ccccc2N)C(=O)O[C@@H]1C. The van der Waals surface area contributed by atoms with Gasteiger partial charge in [-0.15, -0.1) is 0 Å². The van der Waals surface area contributed by atoms with E-state index in [1.807, 2.05) is 0 Å². The molecule has 18 amide bonds. The van der Waals surface area contributed by atoms with Gasteiger partial charge in [0.2, 0.25) is 106 Å². The van der Waals surface area contributed by atoms with E-state index in [-0.39, 0.29) is 43.5 Å². The van der Waals surface area contributed by atoms with Crippen LogP contribution in [0.5, 0.6) is 0 Å². The smallest absolute Gasteiger partial charge is 0.329 e. The summed E-state index contributed by atoms with van der Waals surface area (Å²) in [6, 6.07) is -9.53. The highest BCUT2D eigenvalue weighted by Gasteiger charge is 2.42. The fraction of sp³-hybridized carbons (Fsp3) is 0.575. The molecule has 0 spiro atoms. The van der Waals surface area contributed by atoms with Crippen LogP contribution in [0.4, 0.5) is 5.69 Å². The van der Waals surface area contributed by atoms with Crippen molar-refractivity contribution in [1.29, 1.82) is 0 Å². The maximum absolute atomic E-state index is 15.3. The van der Waals surface area contributed by atoms with Crippen molar-refractivity contribution >= 4 is 135 Å². The zero-order valence-corrected chi connectivity index (χ0v) is 73.2. The molecule has 2 heterocycles. The summed E-state index contributed by atoms with van der Waals surface area (Å²) in [5.41, 5.74) is 18.5. The Morgan fingerprint density at radius 3 is 1.62 bits per heavy atom. The minimum absolute atomic E-state index is 0.00443. The van der Waals surface area contributed by atoms with Crippen molar-refractivity contribution in [3.8, 4) is 0 Å². The third kappa shape index (κ3) is 35.2. The van der Waals surface area contributed by atoms with Crippen molar-refractivity contribution in [2.45, 2.75) is 209 Å². The first-order chi connectivity index (χ1) is 60.1. The largest absolute Gasteiger partial charge is 0.458 e. The highest BCUT2D eigenvalue weighted by Crippen LogP contribution is 2.22. The number of primary amides is 1. The second-order valence-electron chi connectivity index (χ2n) is 30.0. The number of para-hydroxylation sites is 2. The zero-order valence-electron chi connectivity index (χ0n) is 73.2. The van der Waals surface area contributed by atoms with Crippen LogP contribution < -0.4 is 86.3 Å². The van der Waals surface area contributed by atoms with E-state index < -0.39 is 255 Å². The molecule has 1 aliphatic heterocycles. The van der Waals surface area contributed by atoms with Gasteiger partial charge in [-0.3, -0.25) is 110 Å². The Balaban J connectivity index is 1.98. The van der Waals surface area contributed by atoms with Gasteiger partial charge >= 0.3 is 5.97 Å². The molecule has 702 valence electrons. The number of amides is 18. The predicted molar refractivity (Wildman–Crippen MR) is 449 cm³/mol. The molecule has 4 rings (SSSR count). The lowest BCUT2D eigenvalue weighted by Crippen LogP contribution is -2.62. The van der Waals surface area contributed by atoms with Crippen LogP contribution in [0.1, 0.15) is 146 Å². The molecular weight excluding hydrogens is 1670 g/mol. The minimum atomic E-state index is -2.40. The van der Waals surface area contributed by atoms with Gasteiger partial charge in [0.25, 0.3) is 0 Å². The van der Waals surface area contributed by atoms with Crippen LogP contribution in [0.25, 0.3) is 10.9 Å². The molecule has 0 unspecified atom stereocenters. The average molecular weight is 1790 g/mol. The maximum Gasteiger partial charge on any atom is 0.329 e. The summed E-state index contributed by atoms with van der Waals surface area (Å²) in [4.78, 5) is 308. The van der Waals surface area contributed by atoms with Crippen LogP contribution in [0, 0.1) is 5.92 Å². The summed E-state index contributed by atoms with van der Waals surface area (Å²) in [7, 11) is 8.87. The Morgan fingerprint density at radius 2 is 1.04 bits per heavy atom. The summed E-state index contributed by atoms with van der Waals surface area (Å²) < 4.78 is 5.87. The van der Waals surface area contributed by atoms with Gasteiger partial charge in [-0.1, -0.05) is 82.7 Å². The molecular formula is C80H121N21O26. The topological polar surface area (TPSA) is 671 Å². The number of nitrogens with two attached hydrogens (primary N) is 3. The third-order valence-electron chi connectivity index (χ3n) is 20.4. The molecule has 47 heteroatoms. The summed E-state index contributed by atoms with van der Waals surface area (Å²) in [5.74, 6) is -25.4. The second-order valence-corrected chi connectivity index (χ2v) is 30.0. The van der Waals surface area contributed by atoms with Gasteiger partial charge in [0.1, 0.15) is 72.6 Å². The number of aromatic amines is 1. The van der Waals surface area contributed by atoms with Gasteiger partial charge in [-0.05, 0) is 69.3 Å². The summed E-state index contributed by atoms with van der Waals surface area (Å²) >= 11 is 0. The zero-order chi connectivity index (χ0) is 94.9. The molecule has 0 radical (unpaired) electrons. The number of unbranched alkanes of at least 4 members (excludes halogenated alkanes) is 6. The number of aliphatic hydroxyl groups excluding tert-OH is 1. The number of ether oxygens (including phenoxy) is 1. The van der Waals surface area contributed by atoms with E-state index in [4.69, 9.17) is 41.3 Å². The Morgan fingerprint density at radius 1 is 0.535 bits per heavy atom. The standard InChI is InChI=1S/C80H121N21O26/c1-13-14-15-16-17-18-19-30-61(105)89-52(33-46-39-84-50-28-23-21-25-47(46)50)74(116)92-53(35-60(83)104)75(117)94-56(38-67(111)101(8)126-12)76(118)97-69-45(4)127-80(122)57(34-59(103)48-26-20-22-27-49(48)82)95-79(121)68(43(2)32-64(108)98(5)123-9)96-77(119)58(42-102)90-63(107)40-85-71(113)54(36-65(109)99(6)124-10)91-70(112)44(3)87-73(115)55(37-66(110)100(7)125-11)93-72(114)51(29-24-31-81)88-62(106)41-86-78(69)120/h20-23,25-28,39,43-45,51-58,68-69,84,102H,13-19,24,29-38,40-42,81-82H2,1-12H3,(H2,83,104)(H,85,113)(H,86,120)(H,87,115)(H,88,106)(H,89,105)(H,90,107)(H,91,112)(H,92,116)(H,93,114)(H,94,117)(H,95,121)(H,96,119)(H,97,118)/t43-,44-,45-,51+,52+,53-,54+,55+,56+,57+,58-,68+,69+/m1/s1. The van der Waals surface area contributed by atoms with Crippen LogP contribution in [0.2, 0.25) is 0 Å². The van der Waals surface area contributed by atoms with E-state index in [0.29, 0.717) is 44.5 Å². The first kappa shape index (κ1) is 106. The van der Waals surface area contributed by atoms with Crippen molar-refractivity contribution in [3.05, 3.63) is 65.9 Å². The van der Waals surface area contributed by atoms with Crippen LogP contribution >= 0.6 is 0 Å². The number of rotatable bonds is 39. The Hall–Kier alpha value is -12.9. The molecule has 21 N–H and O–H groups in total. The van der Waals surface area contributed by atoms with Crippen molar-refractivity contribution in [2.24, 2.45) is 17.4 Å². The number of hydroxylamine groups is 8. The molecule has 1 saturated heterocycles. The van der Waals surface area contributed by atoms with Crippen LogP contribution in [-0.2, 0) is 122 Å². The first-order valence-electron chi connectivity index (χ1n) is 41.0. The lowest BCUT2D eigenvalue weighted by Gasteiger charge is -2.30. The number of cyclic esters (lactones) is 1. The quantitative estimate of drug-likeness (QED) is 0.00831. The number of carbonyl (C=O) groups is 20. The van der Waals surface area contributed by atoms with Gasteiger partial charge in [-0.2, -0.15) is 0 Å². The number of nitrogens with zero attached hydrogens (tertiary/aromatic N) is 4. The molecule has 0 bridgehead atoms. The van der Waals surface area contributed by atoms with E-state index in [9.17, 15) is 81.8 Å². The van der Waals surface area contributed by atoms with E-state index >= 15 is 19.2 Å². The highest BCUT2D eigenvalue weighted by molar-refractivity contribution is 6.05. The van der Waals surface area contributed by atoms with Gasteiger partial charge in [0.15, 0.2) is 5.78 Å². The average Bonchev–Trinajstić information content (AvgIpc) is 1.71. The molecule has 127 heavy (non-hydrogen) atoms. The number of hydrogen-bond acceptors (Lipinski definition) is 28. The Labute approximate surface area is 732 Å². The number of aliphatic hydroxyl groups is 1. The number of aromatic nitrogens is 1. The van der Waals surface area contributed by atoms with Crippen molar-refractivity contribution < 1.29 is 125 Å². The predicted octanol–water partition coefficient (Wildman–Crippen LogP) is -5.88. The van der Waals surface area contributed by atoms with Gasteiger partial charge in [0, 0.05) is 82.2 Å². The second kappa shape index (κ2) is 54.1. The van der Waals surface area contributed by atoms with Crippen LogP contribution in [0.3, 0.4) is 0 Å². The number of anilines is 1. The monoisotopic (exact) mass is 1790 g/mol. The molecule has 1 aliphatic rings. The lowest BCUT2D eigenvalue weighted by molar-refractivity contribution is -0.170. The maximum atomic E-state index is 15.3. The first-order valence-corrected chi connectivity index (χ1v) is 41.0. The molecule has 13 atom stereocenters. The van der Waals surface area contributed by atoms with Crippen molar-refractivity contribution in [3.63, 3.8) is 0 Å². The number of fused-ring (bicyclic) bond motifs is 1. The van der Waals surface area contributed by atoms with Gasteiger partial charge < -0.3 is 101 Å². The van der Waals surface area contributed by atoms with E-state index in [1.165, 1.54) is 38.2 Å². The number of hydrogen-bond donors (Lipinski definition) is 18. The number of benzene rings is 2. The van der Waals surface area contributed by atoms with Gasteiger partial charge in [0.05, 0.1) is 73.8 Å². The fourth-order valence-corrected chi connectivity index (χ4v) is 12.7. The number of nitrogen functional groups attached to an aromatic ring is 1. The van der Waals surface area contributed by atoms with Crippen molar-refractivity contribution in [1.82, 2.24) is 94.4 Å².